The molecule has 0 bridgehead atoms. The van der Waals surface area contributed by atoms with Gasteiger partial charge in [0.05, 0.1) is 33.5 Å². The number of fused-ring (bicyclic) bond motifs is 2. The van der Waals surface area contributed by atoms with Gasteiger partial charge >= 0.3 is 0 Å². The van der Waals surface area contributed by atoms with Crippen LogP contribution in [0.25, 0.3) is 10.9 Å². The molecule has 2 saturated heterocycles. The molecule has 2 aromatic rings. The summed E-state index contributed by atoms with van der Waals surface area (Å²) in [7, 11) is 3.30. The number of carbonyl (C=O) groups is 1. The molecule has 156 valence electrons. The second-order valence-corrected chi connectivity index (χ2v) is 7.54. The second-order valence-electron chi connectivity index (χ2n) is 7.54. The summed E-state index contributed by atoms with van der Waals surface area (Å²) >= 11 is 0. The third-order valence-corrected chi connectivity index (χ3v) is 5.48. The van der Waals surface area contributed by atoms with Crippen LogP contribution >= 0.6 is 0 Å². The first-order chi connectivity index (χ1) is 14.0. The van der Waals surface area contributed by atoms with E-state index in [1.54, 1.807) is 14.2 Å². The Labute approximate surface area is 170 Å². The molecule has 29 heavy (non-hydrogen) atoms. The van der Waals surface area contributed by atoms with Crippen molar-refractivity contribution in [2.45, 2.75) is 32.1 Å². The second kappa shape index (κ2) is 8.04. The number of rotatable bonds is 4. The van der Waals surface area contributed by atoms with Crippen molar-refractivity contribution in [3.05, 3.63) is 23.8 Å². The molecule has 2 aliphatic rings. The average Bonchev–Trinajstić information content (AvgIpc) is 3.03. The maximum atomic E-state index is 11.3. The third kappa shape index (κ3) is 3.82. The zero-order chi connectivity index (χ0) is 20.5. The van der Waals surface area contributed by atoms with Crippen molar-refractivity contribution >= 4 is 22.6 Å². The van der Waals surface area contributed by atoms with Crippen LogP contribution < -0.4 is 19.7 Å². The molecule has 2 aliphatic heterocycles. The maximum Gasteiger partial charge on any atom is 0.217 e. The summed E-state index contributed by atoms with van der Waals surface area (Å²) < 4.78 is 23.1. The number of nitrogens with zero attached hydrogens (tertiary/aromatic N) is 2. The molecule has 0 spiro atoms. The van der Waals surface area contributed by atoms with E-state index >= 15 is 0 Å². The van der Waals surface area contributed by atoms with Crippen molar-refractivity contribution in [1.82, 2.24) is 10.3 Å². The van der Waals surface area contributed by atoms with E-state index in [1.165, 1.54) is 6.92 Å². The minimum Gasteiger partial charge on any atom is -0.496 e. The van der Waals surface area contributed by atoms with Crippen molar-refractivity contribution in [2.24, 2.45) is 0 Å². The Kier molecular flexibility index (Phi) is 5.47. The van der Waals surface area contributed by atoms with E-state index in [-0.39, 0.29) is 24.2 Å². The van der Waals surface area contributed by atoms with Crippen LogP contribution in [-0.2, 0) is 14.3 Å². The quantitative estimate of drug-likeness (QED) is 0.835. The van der Waals surface area contributed by atoms with Gasteiger partial charge in [-0.1, -0.05) is 0 Å². The molecule has 1 amide bonds. The molecule has 2 atom stereocenters. The zero-order valence-electron chi connectivity index (χ0n) is 17.2. The zero-order valence-corrected chi connectivity index (χ0v) is 17.2. The highest BCUT2D eigenvalue weighted by Crippen LogP contribution is 2.36. The number of carbonyl (C=O) groups excluding carboxylic acids is 1. The summed E-state index contributed by atoms with van der Waals surface area (Å²) in [5, 5.41) is 3.82. The number of hydrogen-bond acceptors (Lipinski definition) is 7. The molecule has 3 heterocycles. The Balaban J connectivity index is 1.58. The van der Waals surface area contributed by atoms with E-state index in [4.69, 9.17) is 23.9 Å². The number of anilines is 1. The molecular formula is C21H27N3O5. The number of nitrogens with one attached hydrogen (secondary N) is 1. The Morgan fingerprint density at radius 2 is 1.76 bits per heavy atom. The predicted octanol–water partition coefficient (Wildman–Crippen LogP) is 1.67. The minimum atomic E-state index is -0.107. The summed E-state index contributed by atoms with van der Waals surface area (Å²) in [5.74, 6) is 2.28. The van der Waals surface area contributed by atoms with Crippen molar-refractivity contribution in [2.75, 3.05) is 45.4 Å². The van der Waals surface area contributed by atoms with E-state index in [9.17, 15) is 4.79 Å². The molecule has 8 heteroatoms. The summed E-state index contributed by atoms with van der Waals surface area (Å²) in [5.41, 5.74) is 1.85. The van der Waals surface area contributed by atoms with Crippen LogP contribution in [0.4, 0.5) is 5.82 Å². The molecule has 1 aromatic carbocycles. The molecule has 1 N–H and O–H groups in total. The van der Waals surface area contributed by atoms with E-state index in [1.807, 2.05) is 12.1 Å². The number of ether oxygens (including phenoxy) is 4. The SMILES string of the molecule is COc1ccc(OC)c2c(C)cc(N3C[C@@H]4OCC(NC(C)=O)CO[C@H]4C3)nc12. The Hall–Kier alpha value is -2.58. The average molecular weight is 401 g/mol. The largest absolute Gasteiger partial charge is 0.496 e. The molecule has 0 aliphatic carbocycles. The van der Waals surface area contributed by atoms with E-state index in [0.717, 1.165) is 28.0 Å². The van der Waals surface area contributed by atoms with Gasteiger partial charge in [0.2, 0.25) is 5.91 Å². The molecule has 4 rings (SSSR count). The maximum absolute atomic E-state index is 11.3. The van der Waals surface area contributed by atoms with Gasteiger partial charge in [-0.15, -0.1) is 0 Å². The summed E-state index contributed by atoms with van der Waals surface area (Å²) in [4.78, 5) is 18.4. The van der Waals surface area contributed by atoms with Crippen LogP contribution in [0.2, 0.25) is 0 Å². The number of aromatic nitrogens is 1. The number of benzene rings is 1. The number of methoxy groups -OCH3 is 2. The first kappa shape index (κ1) is 19.7. The van der Waals surface area contributed by atoms with Crippen molar-refractivity contribution in [1.29, 1.82) is 0 Å². The lowest BCUT2D eigenvalue weighted by Crippen LogP contribution is -2.40. The predicted molar refractivity (Wildman–Crippen MR) is 109 cm³/mol. The van der Waals surface area contributed by atoms with Gasteiger partial charge in [0.15, 0.2) is 0 Å². The van der Waals surface area contributed by atoms with Gasteiger partial charge in [-0.05, 0) is 30.7 Å². The van der Waals surface area contributed by atoms with Crippen LogP contribution in [0.1, 0.15) is 12.5 Å². The fraction of sp³-hybridized carbons (Fsp3) is 0.524. The minimum absolute atomic E-state index is 0.0567. The van der Waals surface area contributed by atoms with Gasteiger partial charge in [0.25, 0.3) is 0 Å². The summed E-state index contributed by atoms with van der Waals surface area (Å²) in [6.07, 6.45) is -0.113. The van der Waals surface area contributed by atoms with Crippen LogP contribution in [0, 0.1) is 6.92 Å². The Morgan fingerprint density at radius 1 is 1.14 bits per heavy atom. The molecule has 0 unspecified atom stereocenters. The highest BCUT2D eigenvalue weighted by molar-refractivity contribution is 5.94. The number of pyridine rings is 1. The van der Waals surface area contributed by atoms with Gasteiger partial charge < -0.3 is 29.2 Å². The van der Waals surface area contributed by atoms with Crippen LogP contribution in [-0.4, -0.2) is 69.7 Å². The highest BCUT2D eigenvalue weighted by Gasteiger charge is 2.38. The number of hydrogen-bond donors (Lipinski definition) is 1. The first-order valence-corrected chi connectivity index (χ1v) is 9.77. The van der Waals surface area contributed by atoms with Crippen molar-refractivity contribution in [3.8, 4) is 11.5 Å². The Morgan fingerprint density at radius 3 is 2.34 bits per heavy atom. The standard InChI is InChI=1S/C21H27N3O5/c1-12-7-19(23-21-16(27-4)6-5-15(26-3)20(12)21)24-8-17-18(9-24)29-11-14(10-28-17)22-13(2)25/h5-7,14,17-18H,8-11H2,1-4H3,(H,22,25)/t17-,18-/m0/s1. The summed E-state index contributed by atoms with van der Waals surface area (Å²) in [6, 6.07) is 5.73. The smallest absolute Gasteiger partial charge is 0.217 e. The fourth-order valence-electron chi connectivity index (χ4n) is 4.10. The highest BCUT2D eigenvalue weighted by atomic mass is 16.6. The van der Waals surface area contributed by atoms with Gasteiger partial charge in [-0.3, -0.25) is 4.79 Å². The van der Waals surface area contributed by atoms with Crippen LogP contribution in [0.3, 0.4) is 0 Å². The van der Waals surface area contributed by atoms with Crippen molar-refractivity contribution in [3.63, 3.8) is 0 Å². The lowest BCUT2D eigenvalue weighted by molar-refractivity contribution is -0.120. The monoisotopic (exact) mass is 401 g/mol. The lowest BCUT2D eigenvalue weighted by atomic mass is 10.1. The Bertz CT molecular complexity index is 903. The van der Waals surface area contributed by atoms with Gasteiger partial charge in [0, 0.05) is 25.4 Å². The topological polar surface area (TPSA) is 82.2 Å². The van der Waals surface area contributed by atoms with Gasteiger partial charge in [-0.25, -0.2) is 4.98 Å². The van der Waals surface area contributed by atoms with Crippen LogP contribution in [0.15, 0.2) is 18.2 Å². The van der Waals surface area contributed by atoms with Gasteiger partial charge in [-0.2, -0.15) is 0 Å². The van der Waals surface area contributed by atoms with Gasteiger partial charge in [0.1, 0.15) is 35.0 Å². The summed E-state index contributed by atoms with van der Waals surface area (Å²) in [6.45, 7) is 5.82. The number of aryl methyl sites for hydroxylation is 1. The molecule has 2 fully saturated rings. The lowest BCUT2D eigenvalue weighted by Gasteiger charge is -2.21. The third-order valence-electron chi connectivity index (χ3n) is 5.48. The number of amides is 1. The normalized spacial score (nSPS) is 22.3. The molecule has 0 radical (unpaired) electrons. The molecule has 1 aromatic heterocycles. The van der Waals surface area contributed by atoms with Crippen LogP contribution in [0.5, 0.6) is 11.5 Å². The van der Waals surface area contributed by atoms with E-state index in [0.29, 0.717) is 32.1 Å². The van der Waals surface area contributed by atoms with E-state index < -0.39 is 0 Å². The molecule has 0 saturated carbocycles. The molecular weight excluding hydrogens is 374 g/mol. The first-order valence-electron chi connectivity index (χ1n) is 9.77. The molecule has 8 nitrogen and oxygen atoms in total. The fourth-order valence-corrected chi connectivity index (χ4v) is 4.10. The van der Waals surface area contributed by atoms with E-state index in [2.05, 4.69) is 23.2 Å². The van der Waals surface area contributed by atoms with Crippen molar-refractivity contribution < 1.29 is 23.7 Å².